The number of hydrogen-bond donors (Lipinski definition) is 4. The lowest BCUT2D eigenvalue weighted by molar-refractivity contribution is 0.0536. The molecule has 1 atom stereocenters. The van der Waals surface area contributed by atoms with Crippen molar-refractivity contribution in [1.29, 1.82) is 0 Å². The van der Waals surface area contributed by atoms with E-state index in [4.69, 9.17) is 9.84 Å². The van der Waals surface area contributed by atoms with Gasteiger partial charge < -0.3 is 25.3 Å². The van der Waals surface area contributed by atoms with Gasteiger partial charge in [0.15, 0.2) is 0 Å². The summed E-state index contributed by atoms with van der Waals surface area (Å²) in [5.74, 6) is -0.810. The number of fused-ring (bicyclic) bond motifs is 1. The summed E-state index contributed by atoms with van der Waals surface area (Å²) in [5.41, 5.74) is 0.762. The number of aliphatic hydroxyl groups is 2. The molecule has 4 N–H and O–H groups in total. The van der Waals surface area contributed by atoms with Crippen LogP contribution in [0.1, 0.15) is 22.3 Å². The van der Waals surface area contributed by atoms with Gasteiger partial charge in [0, 0.05) is 22.9 Å². The number of anilines is 1. The van der Waals surface area contributed by atoms with E-state index < -0.39 is 30.9 Å². The van der Waals surface area contributed by atoms with Crippen LogP contribution in [-0.4, -0.2) is 45.4 Å². The van der Waals surface area contributed by atoms with Crippen molar-refractivity contribution < 1.29 is 32.9 Å². The molecule has 0 saturated heterocycles. The number of halogens is 3. The summed E-state index contributed by atoms with van der Waals surface area (Å²) in [6, 6.07) is 14.1. The van der Waals surface area contributed by atoms with Gasteiger partial charge in [0.1, 0.15) is 35.6 Å². The zero-order chi connectivity index (χ0) is 24.2. The maximum atomic E-state index is 13.8. The molecule has 1 amide bonds. The third kappa shape index (κ3) is 5.03. The van der Waals surface area contributed by atoms with Gasteiger partial charge in [0.25, 0.3) is 12.3 Å². The predicted molar refractivity (Wildman–Crippen MR) is 119 cm³/mol. The van der Waals surface area contributed by atoms with Crippen LogP contribution in [0.2, 0.25) is 0 Å². The second kappa shape index (κ2) is 9.94. The van der Waals surface area contributed by atoms with Crippen LogP contribution in [0.25, 0.3) is 22.4 Å². The molecule has 1 heterocycles. The zero-order valence-corrected chi connectivity index (χ0v) is 17.6. The Morgan fingerprint density at radius 2 is 1.91 bits per heavy atom. The van der Waals surface area contributed by atoms with Gasteiger partial charge in [-0.15, -0.1) is 0 Å². The number of aromatic amines is 1. The van der Waals surface area contributed by atoms with Gasteiger partial charge in [-0.25, -0.2) is 18.2 Å². The predicted octanol–water partition coefficient (Wildman–Crippen LogP) is 4.29. The Morgan fingerprint density at radius 1 is 1.12 bits per heavy atom. The molecule has 10 heteroatoms. The number of carbonyl (C=O) groups excluding carboxylic acids is 1. The summed E-state index contributed by atoms with van der Waals surface area (Å²) in [6.45, 7) is -0.565. The summed E-state index contributed by atoms with van der Waals surface area (Å²) in [7, 11) is 0. The van der Waals surface area contributed by atoms with E-state index in [9.17, 15) is 23.1 Å². The number of ether oxygens (including phenoxy) is 1. The molecule has 0 bridgehead atoms. The number of carbonyl (C=O) groups is 1. The Kier molecular flexibility index (Phi) is 6.80. The van der Waals surface area contributed by atoms with E-state index in [0.717, 1.165) is 18.2 Å². The first kappa shape index (κ1) is 23.3. The lowest BCUT2D eigenvalue weighted by Crippen LogP contribution is -2.21. The van der Waals surface area contributed by atoms with Crippen molar-refractivity contribution in [3.05, 3.63) is 77.6 Å². The van der Waals surface area contributed by atoms with Crippen molar-refractivity contribution in [1.82, 2.24) is 9.97 Å². The van der Waals surface area contributed by atoms with Gasteiger partial charge in [-0.3, -0.25) is 4.79 Å². The molecule has 0 spiro atoms. The monoisotopic (exact) mass is 471 g/mol. The fourth-order valence-electron chi connectivity index (χ4n) is 3.37. The largest absolute Gasteiger partial charge is 0.491 e. The summed E-state index contributed by atoms with van der Waals surface area (Å²) in [5, 5.41) is 21.0. The van der Waals surface area contributed by atoms with E-state index in [1.165, 1.54) is 6.07 Å². The Bertz CT molecular complexity index is 1330. The highest BCUT2D eigenvalue weighted by molar-refractivity contribution is 6.11. The second-order valence-corrected chi connectivity index (χ2v) is 7.45. The van der Waals surface area contributed by atoms with Crippen molar-refractivity contribution in [2.24, 2.45) is 0 Å². The summed E-state index contributed by atoms with van der Waals surface area (Å²) < 4.78 is 46.0. The molecular formula is C24H20F3N3O4. The van der Waals surface area contributed by atoms with Crippen molar-refractivity contribution >= 4 is 22.6 Å². The molecule has 1 aromatic heterocycles. The third-order valence-electron chi connectivity index (χ3n) is 5.01. The number of benzene rings is 3. The maximum Gasteiger partial charge on any atom is 0.264 e. The van der Waals surface area contributed by atoms with Crippen LogP contribution < -0.4 is 10.1 Å². The Labute approximate surface area is 191 Å². The molecule has 0 radical (unpaired) electrons. The molecule has 4 rings (SSSR count). The molecule has 0 unspecified atom stereocenters. The van der Waals surface area contributed by atoms with Gasteiger partial charge in [0.2, 0.25) is 0 Å². The molecule has 0 aliphatic carbocycles. The maximum absolute atomic E-state index is 13.8. The Morgan fingerprint density at radius 3 is 2.68 bits per heavy atom. The number of para-hydroxylation sites is 1. The van der Waals surface area contributed by atoms with Gasteiger partial charge in [0.05, 0.1) is 17.7 Å². The summed E-state index contributed by atoms with van der Waals surface area (Å²) in [6.07, 6.45) is -3.87. The molecule has 0 saturated carbocycles. The molecule has 34 heavy (non-hydrogen) atoms. The molecule has 0 fully saturated rings. The van der Waals surface area contributed by atoms with Crippen molar-refractivity contribution in [2.75, 3.05) is 18.5 Å². The molecular weight excluding hydrogens is 451 g/mol. The van der Waals surface area contributed by atoms with Gasteiger partial charge >= 0.3 is 0 Å². The fourth-order valence-corrected chi connectivity index (χ4v) is 3.37. The highest BCUT2D eigenvalue weighted by Gasteiger charge is 2.20. The molecule has 4 aromatic rings. The lowest BCUT2D eigenvalue weighted by Gasteiger charge is -2.11. The van der Waals surface area contributed by atoms with E-state index in [-0.39, 0.29) is 34.6 Å². The quantitative estimate of drug-likeness (QED) is 0.307. The minimum Gasteiger partial charge on any atom is -0.491 e. The number of imidazole rings is 1. The van der Waals surface area contributed by atoms with E-state index in [1.807, 2.05) is 0 Å². The third-order valence-corrected chi connectivity index (χ3v) is 5.01. The summed E-state index contributed by atoms with van der Waals surface area (Å²) in [4.78, 5) is 20.2. The van der Waals surface area contributed by atoms with E-state index in [1.54, 1.807) is 36.4 Å². The fraction of sp³-hybridized carbons (Fsp3) is 0.167. The van der Waals surface area contributed by atoms with E-state index in [0.29, 0.717) is 17.0 Å². The molecule has 7 nitrogen and oxygen atoms in total. The molecule has 176 valence electrons. The number of rotatable bonds is 8. The number of H-pyrrole nitrogens is 1. The summed E-state index contributed by atoms with van der Waals surface area (Å²) >= 11 is 0. The first-order chi connectivity index (χ1) is 16.4. The average Bonchev–Trinajstić information content (AvgIpc) is 3.27. The van der Waals surface area contributed by atoms with Gasteiger partial charge in [-0.05, 0) is 42.5 Å². The van der Waals surface area contributed by atoms with Gasteiger partial charge in [-0.1, -0.05) is 12.1 Å². The van der Waals surface area contributed by atoms with Crippen LogP contribution in [0.3, 0.4) is 0 Å². The van der Waals surface area contributed by atoms with E-state index in [2.05, 4.69) is 15.3 Å². The van der Waals surface area contributed by atoms with Crippen molar-refractivity contribution in [3.8, 4) is 17.1 Å². The minimum absolute atomic E-state index is 0.0166. The number of hydrogen-bond acceptors (Lipinski definition) is 5. The zero-order valence-electron chi connectivity index (χ0n) is 17.6. The lowest BCUT2D eigenvalue weighted by atomic mass is 10.1. The van der Waals surface area contributed by atoms with Crippen molar-refractivity contribution in [2.45, 2.75) is 12.5 Å². The van der Waals surface area contributed by atoms with E-state index >= 15 is 0 Å². The number of aliphatic hydroxyl groups excluding tert-OH is 2. The smallest absolute Gasteiger partial charge is 0.264 e. The van der Waals surface area contributed by atoms with Crippen LogP contribution in [0, 0.1) is 5.82 Å². The number of nitrogens with one attached hydrogen (secondary N) is 2. The normalized spacial score (nSPS) is 12.2. The molecule has 0 aliphatic heterocycles. The van der Waals surface area contributed by atoms with Crippen LogP contribution in [0.5, 0.6) is 5.75 Å². The van der Waals surface area contributed by atoms with Crippen LogP contribution >= 0.6 is 0 Å². The average molecular weight is 471 g/mol. The first-order valence-electron chi connectivity index (χ1n) is 10.3. The number of amides is 1. The SMILES string of the molecule is O=C(Nc1cccc(OC[C@H](O)CO)c1)c1cccc2[nH]c(-c3cc(F)ccc3C(F)F)nc12. The minimum atomic E-state index is -2.83. The van der Waals surface area contributed by atoms with Crippen LogP contribution in [0.15, 0.2) is 60.7 Å². The van der Waals surface area contributed by atoms with Crippen molar-refractivity contribution in [3.63, 3.8) is 0 Å². The number of alkyl halides is 2. The van der Waals surface area contributed by atoms with Gasteiger partial charge in [-0.2, -0.15) is 0 Å². The topological polar surface area (TPSA) is 107 Å². The second-order valence-electron chi connectivity index (χ2n) is 7.45. The Hall–Kier alpha value is -3.89. The number of nitrogens with zero attached hydrogens (tertiary/aromatic N) is 1. The first-order valence-corrected chi connectivity index (χ1v) is 10.3. The molecule has 0 aliphatic rings. The standard InChI is InChI=1S/C24H20F3N3O4/c25-13-7-8-17(22(26)27)19(9-13)23-29-20-6-2-5-18(21(20)30-23)24(33)28-14-3-1-4-16(10-14)34-12-15(32)11-31/h1-10,15,22,31-32H,11-12H2,(H,28,33)(H,29,30)/t15-/m1/s1. The highest BCUT2D eigenvalue weighted by atomic mass is 19.3. The highest BCUT2D eigenvalue weighted by Crippen LogP contribution is 2.32. The van der Waals surface area contributed by atoms with Crippen LogP contribution in [-0.2, 0) is 0 Å². The Balaban J connectivity index is 1.62. The molecule has 3 aromatic carbocycles. The number of aromatic nitrogens is 2. The van der Waals surface area contributed by atoms with Crippen LogP contribution in [0.4, 0.5) is 18.9 Å².